The predicted octanol–water partition coefficient (Wildman–Crippen LogP) is 3.42. The Balaban J connectivity index is 2.95. The van der Waals surface area contributed by atoms with Gasteiger partial charge in [0.15, 0.2) is 0 Å². The zero-order chi connectivity index (χ0) is 9.84. The van der Waals surface area contributed by atoms with Crippen LogP contribution in [0.2, 0.25) is 0 Å². The molecule has 0 bridgehead atoms. The number of halogens is 1. The molecule has 1 aromatic carbocycles. The van der Waals surface area contributed by atoms with Crippen molar-refractivity contribution >= 4 is 15.9 Å². The highest BCUT2D eigenvalue weighted by molar-refractivity contribution is 9.10. The second kappa shape index (κ2) is 4.58. The van der Waals surface area contributed by atoms with Crippen LogP contribution < -0.4 is 5.73 Å². The van der Waals surface area contributed by atoms with E-state index in [4.69, 9.17) is 5.73 Å². The molecule has 13 heavy (non-hydrogen) atoms. The van der Waals surface area contributed by atoms with Gasteiger partial charge in [0, 0.05) is 10.5 Å². The Labute approximate surface area is 87.8 Å². The fraction of sp³-hybridized carbons (Fsp3) is 0.273. The molecule has 1 aromatic rings. The predicted molar refractivity (Wildman–Crippen MR) is 60.5 cm³/mol. The Morgan fingerprint density at radius 1 is 1.38 bits per heavy atom. The van der Waals surface area contributed by atoms with E-state index in [1.807, 2.05) is 24.3 Å². The van der Waals surface area contributed by atoms with E-state index in [2.05, 4.69) is 35.9 Å². The van der Waals surface area contributed by atoms with E-state index in [-0.39, 0.29) is 6.04 Å². The highest BCUT2D eigenvalue weighted by atomic mass is 79.9. The highest BCUT2D eigenvalue weighted by Crippen LogP contribution is 2.22. The number of hydrogen-bond acceptors (Lipinski definition) is 1. The first-order valence-corrected chi connectivity index (χ1v) is 5.05. The van der Waals surface area contributed by atoms with Crippen molar-refractivity contribution in [1.82, 2.24) is 0 Å². The van der Waals surface area contributed by atoms with Gasteiger partial charge in [-0.2, -0.15) is 0 Å². The first-order valence-electron chi connectivity index (χ1n) is 4.26. The number of allylic oxidation sites excluding steroid dienone is 1. The topological polar surface area (TPSA) is 26.0 Å². The molecule has 1 atom stereocenters. The zero-order valence-electron chi connectivity index (χ0n) is 7.92. The van der Waals surface area contributed by atoms with Crippen LogP contribution in [0.4, 0.5) is 0 Å². The van der Waals surface area contributed by atoms with Crippen molar-refractivity contribution < 1.29 is 0 Å². The summed E-state index contributed by atoms with van der Waals surface area (Å²) in [6.07, 6.45) is 2.06. The number of hydrogen-bond donors (Lipinski definition) is 1. The number of benzene rings is 1. The van der Waals surface area contributed by atoms with E-state index in [1.165, 1.54) is 5.57 Å². The molecule has 1 rings (SSSR count). The van der Waals surface area contributed by atoms with Gasteiger partial charge in [0.25, 0.3) is 0 Å². The van der Waals surface area contributed by atoms with Crippen LogP contribution in [0.15, 0.2) is 40.4 Å². The van der Waals surface area contributed by atoms with E-state index in [9.17, 15) is 0 Å². The smallest absolute Gasteiger partial charge is 0.0494 e. The van der Waals surface area contributed by atoms with Crippen molar-refractivity contribution in [3.05, 3.63) is 46.0 Å². The lowest BCUT2D eigenvalue weighted by Crippen LogP contribution is -2.07. The molecule has 0 fully saturated rings. The van der Waals surface area contributed by atoms with Crippen LogP contribution in [0.1, 0.15) is 25.5 Å². The summed E-state index contributed by atoms with van der Waals surface area (Å²) in [6, 6.07) is 8.02. The minimum Gasteiger partial charge on any atom is -0.321 e. The van der Waals surface area contributed by atoms with Gasteiger partial charge < -0.3 is 5.73 Å². The average Bonchev–Trinajstić information content (AvgIpc) is 2.03. The first kappa shape index (κ1) is 10.5. The average molecular weight is 240 g/mol. The van der Waals surface area contributed by atoms with Gasteiger partial charge in [0.05, 0.1) is 0 Å². The number of rotatable bonds is 2. The third kappa shape index (κ3) is 2.98. The maximum Gasteiger partial charge on any atom is 0.0494 e. The van der Waals surface area contributed by atoms with Crippen LogP contribution in [-0.2, 0) is 0 Å². The molecular formula is C11H14BrN. The summed E-state index contributed by atoms with van der Waals surface area (Å²) in [5.74, 6) is 0. The summed E-state index contributed by atoms with van der Waals surface area (Å²) in [5, 5.41) is 0. The Morgan fingerprint density at radius 2 is 2.00 bits per heavy atom. The Bertz CT molecular complexity index is 314. The van der Waals surface area contributed by atoms with Crippen LogP contribution in [0.5, 0.6) is 0 Å². The molecule has 0 aromatic heterocycles. The molecule has 0 aliphatic heterocycles. The first-order chi connectivity index (χ1) is 6.11. The van der Waals surface area contributed by atoms with Crippen molar-refractivity contribution in [3.63, 3.8) is 0 Å². The van der Waals surface area contributed by atoms with E-state index in [0.717, 1.165) is 10.0 Å². The van der Waals surface area contributed by atoms with Gasteiger partial charge in [0.2, 0.25) is 0 Å². The Hall–Kier alpha value is -0.600. The van der Waals surface area contributed by atoms with E-state index < -0.39 is 0 Å². The normalized spacial score (nSPS) is 12.3. The molecule has 2 N–H and O–H groups in total. The van der Waals surface area contributed by atoms with Crippen LogP contribution in [0.25, 0.3) is 0 Å². The van der Waals surface area contributed by atoms with Crippen LogP contribution in [0.3, 0.4) is 0 Å². The summed E-state index contributed by atoms with van der Waals surface area (Å²) in [4.78, 5) is 0. The molecule has 0 aliphatic carbocycles. The minimum absolute atomic E-state index is 0.0134. The van der Waals surface area contributed by atoms with Crippen LogP contribution in [-0.4, -0.2) is 0 Å². The summed E-state index contributed by atoms with van der Waals surface area (Å²) < 4.78 is 1.07. The minimum atomic E-state index is -0.0134. The lowest BCUT2D eigenvalue weighted by molar-refractivity contribution is 0.893. The maximum absolute atomic E-state index is 5.99. The van der Waals surface area contributed by atoms with Gasteiger partial charge in [-0.25, -0.2) is 0 Å². The van der Waals surface area contributed by atoms with Gasteiger partial charge in [-0.05, 0) is 25.5 Å². The Morgan fingerprint density at radius 3 is 2.54 bits per heavy atom. The maximum atomic E-state index is 5.99. The second-order valence-corrected chi connectivity index (χ2v) is 4.15. The molecule has 1 unspecified atom stereocenters. The van der Waals surface area contributed by atoms with Gasteiger partial charge in [0.1, 0.15) is 0 Å². The molecule has 0 heterocycles. The molecule has 0 spiro atoms. The molecule has 2 heteroatoms. The van der Waals surface area contributed by atoms with Gasteiger partial charge in [-0.15, -0.1) is 0 Å². The highest BCUT2D eigenvalue weighted by Gasteiger charge is 2.05. The molecule has 0 aliphatic rings. The van der Waals surface area contributed by atoms with Crippen molar-refractivity contribution in [3.8, 4) is 0 Å². The largest absolute Gasteiger partial charge is 0.321 e. The molecule has 0 saturated heterocycles. The third-order valence-electron chi connectivity index (χ3n) is 1.78. The summed E-state index contributed by atoms with van der Waals surface area (Å²) >= 11 is 3.48. The quantitative estimate of drug-likeness (QED) is 0.787. The molecular weight excluding hydrogens is 226 g/mol. The third-order valence-corrected chi connectivity index (χ3v) is 2.50. The summed E-state index contributed by atoms with van der Waals surface area (Å²) in [5.41, 5.74) is 8.36. The molecule has 0 saturated carbocycles. The Kier molecular flexibility index (Phi) is 3.70. The van der Waals surface area contributed by atoms with Gasteiger partial charge in [-0.3, -0.25) is 0 Å². The molecule has 1 nitrogen and oxygen atoms in total. The fourth-order valence-electron chi connectivity index (χ4n) is 1.19. The standard InChI is InChI=1S/C11H14BrN/c1-8(2)7-11(13)9-5-3-4-6-10(9)12/h3-7,11H,13H2,1-2H3. The second-order valence-electron chi connectivity index (χ2n) is 3.29. The monoisotopic (exact) mass is 239 g/mol. The zero-order valence-corrected chi connectivity index (χ0v) is 9.51. The molecule has 0 radical (unpaired) electrons. The van der Waals surface area contributed by atoms with Crippen LogP contribution in [0, 0.1) is 0 Å². The van der Waals surface area contributed by atoms with Gasteiger partial charge >= 0.3 is 0 Å². The number of nitrogens with two attached hydrogens (primary N) is 1. The lowest BCUT2D eigenvalue weighted by atomic mass is 10.1. The fourth-order valence-corrected chi connectivity index (χ4v) is 1.74. The van der Waals surface area contributed by atoms with Crippen molar-refractivity contribution in [2.24, 2.45) is 5.73 Å². The summed E-state index contributed by atoms with van der Waals surface area (Å²) in [7, 11) is 0. The lowest BCUT2D eigenvalue weighted by Gasteiger charge is -2.09. The summed E-state index contributed by atoms with van der Waals surface area (Å²) in [6.45, 7) is 4.10. The molecule has 70 valence electrons. The van der Waals surface area contributed by atoms with E-state index in [0.29, 0.717) is 0 Å². The van der Waals surface area contributed by atoms with Crippen molar-refractivity contribution in [2.75, 3.05) is 0 Å². The van der Waals surface area contributed by atoms with E-state index in [1.54, 1.807) is 0 Å². The van der Waals surface area contributed by atoms with Crippen LogP contribution >= 0.6 is 15.9 Å². The molecule has 0 amide bonds. The van der Waals surface area contributed by atoms with Gasteiger partial charge in [-0.1, -0.05) is 45.8 Å². The van der Waals surface area contributed by atoms with E-state index >= 15 is 0 Å². The van der Waals surface area contributed by atoms with Crippen molar-refractivity contribution in [2.45, 2.75) is 19.9 Å². The van der Waals surface area contributed by atoms with Crippen molar-refractivity contribution in [1.29, 1.82) is 0 Å². The SMILES string of the molecule is CC(C)=CC(N)c1ccccc1Br.